The highest BCUT2D eigenvalue weighted by atomic mass is 16.5. The molecule has 3 N–H and O–H groups in total. The monoisotopic (exact) mass is 287 g/mol. The normalized spacial score (nSPS) is 33.0. The fourth-order valence-corrected chi connectivity index (χ4v) is 2.98. The molecule has 2 rings (SSSR count). The zero-order valence-corrected chi connectivity index (χ0v) is 12.3. The van der Waals surface area contributed by atoms with Gasteiger partial charge in [0.15, 0.2) is 0 Å². The minimum atomic E-state index is -0.521. The van der Waals surface area contributed by atoms with Crippen LogP contribution in [0, 0.1) is 0 Å². The molecule has 2 aliphatic rings. The van der Waals surface area contributed by atoms with Gasteiger partial charge in [0.05, 0.1) is 31.5 Å². The molecular weight excluding hydrogens is 258 g/mol. The summed E-state index contributed by atoms with van der Waals surface area (Å²) >= 11 is 0. The summed E-state index contributed by atoms with van der Waals surface area (Å²) in [4.78, 5) is 0. The van der Waals surface area contributed by atoms with E-state index in [-0.39, 0.29) is 18.2 Å². The van der Waals surface area contributed by atoms with Gasteiger partial charge in [0.1, 0.15) is 0 Å². The summed E-state index contributed by atoms with van der Waals surface area (Å²) in [6.45, 7) is 2.21. The predicted octanol–water partition coefficient (Wildman–Crippen LogP) is 0.826. The van der Waals surface area contributed by atoms with Crippen molar-refractivity contribution in [1.82, 2.24) is 5.32 Å². The lowest BCUT2D eigenvalue weighted by molar-refractivity contribution is -0.0181. The van der Waals surface area contributed by atoms with Gasteiger partial charge in [-0.2, -0.15) is 0 Å². The Labute approximate surface area is 121 Å². The molecule has 0 aromatic carbocycles. The lowest BCUT2D eigenvalue weighted by Gasteiger charge is -2.23. The van der Waals surface area contributed by atoms with Crippen LogP contribution in [-0.2, 0) is 9.47 Å². The van der Waals surface area contributed by atoms with Crippen molar-refractivity contribution in [2.24, 2.45) is 0 Å². The molecule has 1 heterocycles. The Morgan fingerprint density at radius 3 is 2.80 bits per heavy atom. The van der Waals surface area contributed by atoms with Crippen molar-refractivity contribution in [3.05, 3.63) is 0 Å². The summed E-state index contributed by atoms with van der Waals surface area (Å²) in [5.74, 6) is 0. The second-order valence-corrected chi connectivity index (χ2v) is 6.05. The van der Waals surface area contributed by atoms with Gasteiger partial charge in [-0.25, -0.2) is 0 Å². The number of rotatable bonds is 7. The van der Waals surface area contributed by atoms with Gasteiger partial charge in [-0.1, -0.05) is 19.3 Å². The third kappa shape index (κ3) is 5.66. The van der Waals surface area contributed by atoms with E-state index < -0.39 is 6.10 Å². The van der Waals surface area contributed by atoms with E-state index in [9.17, 15) is 10.2 Å². The second-order valence-electron chi connectivity index (χ2n) is 6.05. The average molecular weight is 287 g/mol. The molecule has 0 radical (unpaired) electrons. The lowest BCUT2D eigenvalue weighted by atomic mass is 10.1. The Bertz CT molecular complexity index is 258. The maximum absolute atomic E-state index is 9.99. The smallest absolute Gasteiger partial charge is 0.0897 e. The van der Waals surface area contributed by atoms with Crippen LogP contribution in [0.15, 0.2) is 0 Å². The van der Waals surface area contributed by atoms with E-state index in [0.29, 0.717) is 19.8 Å². The molecule has 0 bridgehead atoms. The standard InChI is InChI=1S/C15H29NO4/c17-12(10-19-11-13-5-4-8-20-13)9-16-14-6-2-1-3-7-15(14)18/h12-18H,1-11H2. The minimum Gasteiger partial charge on any atom is -0.392 e. The summed E-state index contributed by atoms with van der Waals surface area (Å²) < 4.78 is 11.0. The van der Waals surface area contributed by atoms with Gasteiger partial charge >= 0.3 is 0 Å². The number of nitrogens with one attached hydrogen (secondary N) is 1. The summed E-state index contributed by atoms with van der Waals surface area (Å²) in [7, 11) is 0. The van der Waals surface area contributed by atoms with Crippen molar-refractivity contribution in [2.75, 3.05) is 26.4 Å². The van der Waals surface area contributed by atoms with Gasteiger partial charge in [-0.15, -0.1) is 0 Å². The Kier molecular flexibility index (Phi) is 7.24. The molecule has 118 valence electrons. The van der Waals surface area contributed by atoms with Crippen LogP contribution in [0.4, 0.5) is 0 Å². The van der Waals surface area contributed by atoms with E-state index in [1.54, 1.807) is 0 Å². The van der Waals surface area contributed by atoms with Gasteiger partial charge < -0.3 is 25.0 Å². The quantitative estimate of drug-likeness (QED) is 0.605. The highest BCUT2D eigenvalue weighted by Crippen LogP contribution is 2.18. The first-order valence-corrected chi connectivity index (χ1v) is 8.04. The first-order chi connectivity index (χ1) is 9.75. The van der Waals surface area contributed by atoms with E-state index in [1.807, 2.05) is 0 Å². The maximum atomic E-state index is 9.99. The molecule has 20 heavy (non-hydrogen) atoms. The topological polar surface area (TPSA) is 71.0 Å². The number of aliphatic hydroxyl groups excluding tert-OH is 2. The minimum absolute atomic E-state index is 0.116. The summed E-state index contributed by atoms with van der Waals surface area (Å²) in [6, 6.07) is 0.116. The van der Waals surface area contributed by atoms with Crippen LogP contribution in [-0.4, -0.2) is 60.9 Å². The fourth-order valence-electron chi connectivity index (χ4n) is 2.98. The van der Waals surface area contributed by atoms with Crippen LogP contribution >= 0.6 is 0 Å². The molecule has 5 nitrogen and oxygen atoms in total. The largest absolute Gasteiger partial charge is 0.392 e. The van der Waals surface area contributed by atoms with E-state index in [0.717, 1.165) is 45.1 Å². The number of ether oxygens (including phenoxy) is 2. The molecule has 0 aromatic heterocycles. The molecule has 0 aromatic rings. The van der Waals surface area contributed by atoms with Crippen LogP contribution in [0.5, 0.6) is 0 Å². The Morgan fingerprint density at radius 1 is 1.15 bits per heavy atom. The van der Waals surface area contributed by atoms with Crippen LogP contribution in [0.25, 0.3) is 0 Å². The molecule has 0 spiro atoms. The van der Waals surface area contributed by atoms with Crippen LogP contribution < -0.4 is 5.32 Å². The molecule has 0 amide bonds. The first-order valence-electron chi connectivity index (χ1n) is 8.04. The number of hydrogen-bond acceptors (Lipinski definition) is 5. The van der Waals surface area contributed by atoms with Gasteiger partial charge in [-0.05, 0) is 25.7 Å². The fraction of sp³-hybridized carbons (Fsp3) is 1.00. The SMILES string of the molecule is OC(CNC1CCCCCC1O)COCC1CCCO1. The third-order valence-corrected chi connectivity index (χ3v) is 4.23. The Morgan fingerprint density at radius 2 is 2.00 bits per heavy atom. The third-order valence-electron chi connectivity index (χ3n) is 4.23. The van der Waals surface area contributed by atoms with Crippen molar-refractivity contribution in [3.63, 3.8) is 0 Å². The van der Waals surface area contributed by atoms with E-state index in [1.165, 1.54) is 6.42 Å². The molecule has 1 saturated carbocycles. The van der Waals surface area contributed by atoms with Gasteiger partial charge in [0.25, 0.3) is 0 Å². The maximum Gasteiger partial charge on any atom is 0.0897 e. The number of aliphatic hydroxyl groups is 2. The molecule has 2 fully saturated rings. The van der Waals surface area contributed by atoms with Crippen molar-refractivity contribution in [2.45, 2.75) is 69.3 Å². The molecule has 1 saturated heterocycles. The van der Waals surface area contributed by atoms with Gasteiger partial charge in [-0.3, -0.25) is 0 Å². The Balaban J connectivity index is 1.55. The zero-order valence-electron chi connectivity index (χ0n) is 12.3. The molecule has 4 unspecified atom stereocenters. The van der Waals surface area contributed by atoms with Crippen molar-refractivity contribution < 1.29 is 19.7 Å². The second kappa shape index (κ2) is 8.95. The summed E-state index contributed by atoms with van der Waals surface area (Å²) in [5, 5.41) is 23.2. The highest BCUT2D eigenvalue weighted by Gasteiger charge is 2.22. The lowest BCUT2D eigenvalue weighted by Crippen LogP contribution is -2.43. The molecule has 1 aliphatic heterocycles. The average Bonchev–Trinajstić information content (AvgIpc) is 2.86. The molecule has 5 heteroatoms. The van der Waals surface area contributed by atoms with Crippen LogP contribution in [0.3, 0.4) is 0 Å². The van der Waals surface area contributed by atoms with Crippen molar-refractivity contribution in [3.8, 4) is 0 Å². The molecular formula is C15H29NO4. The molecule has 4 atom stereocenters. The number of hydrogen-bond donors (Lipinski definition) is 3. The Hall–Kier alpha value is -0.200. The first kappa shape index (κ1) is 16.2. The zero-order chi connectivity index (χ0) is 14.2. The van der Waals surface area contributed by atoms with Crippen LogP contribution in [0.1, 0.15) is 44.9 Å². The van der Waals surface area contributed by atoms with Gasteiger partial charge in [0.2, 0.25) is 0 Å². The predicted molar refractivity (Wildman–Crippen MR) is 76.7 cm³/mol. The van der Waals surface area contributed by atoms with Gasteiger partial charge in [0, 0.05) is 19.2 Å². The summed E-state index contributed by atoms with van der Waals surface area (Å²) in [5.41, 5.74) is 0. The van der Waals surface area contributed by atoms with Crippen molar-refractivity contribution >= 4 is 0 Å². The molecule has 1 aliphatic carbocycles. The van der Waals surface area contributed by atoms with Crippen LogP contribution in [0.2, 0.25) is 0 Å². The highest BCUT2D eigenvalue weighted by molar-refractivity contribution is 4.79. The van der Waals surface area contributed by atoms with E-state index in [4.69, 9.17) is 9.47 Å². The van der Waals surface area contributed by atoms with Crippen molar-refractivity contribution in [1.29, 1.82) is 0 Å². The summed E-state index contributed by atoms with van der Waals surface area (Å²) in [6.07, 6.45) is 6.88. The van der Waals surface area contributed by atoms with E-state index in [2.05, 4.69) is 5.32 Å². The van der Waals surface area contributed by atoms with E-state index >= 15 is 0 Å².